The van der Waals surface area contributed by atoms with Gasteiger partial charge in [-0.05, 0) is 49.4 Å². The van der Waals surface area contributed by atoms with E-state index in [1.807, 2.05) is 37.3 Å². The maximum atomic E-state index is 6.26. The van der Waals surface area contributed by atoms with Gasteiger partial charge in [0.25, 0.3) is 0 Å². The minimum atomic E-state index is 0.333. The number of morpholine rings is 1. The van der Waals surface area contributed by atoms with E-state index in [0.717, 1.165) is 37.7 Å². The second-order valence-corrected chi connectivity index (χ2v) is 7.69. The molecule has 33 heavy (non-hydrogen) atoms. The molecule has 1 saturated heterocycles. The van der Waals surface area contributed by atoms with Gasteiger partial charge in [-0.25, -0.2) is 19.9 Å². The number of nitrogens with two attached hydrogens (primary N) is 1. The van der Waals surface area contributed by atoms with E-state index in [4.69, 9.17) is 10.5 Å². The number of anilines is 4. The minimum absolute atomic E-state index is 0.333. The predicted molar refractivity (Wildman–Crippen MR) is 128 cm³/mol. The molecule has 0 spiro atoms. The first-order valence-electron chi connectivity index (χ1n) is 10.8. The Balaban J connectivity index is 1.33. The van der Waals surface area contributed by atoms with Gasteiger partial charge in [0, 0.05) is 42.6 Å². The number of ether oxygens (including phenoxy) is 1. The summed E-state index contributed by atoms with van der Waals surface area (Å²) < 4.78 is 5.42. The van der Waals surface area contributed by atoms with Crippen molar-refractivity contribution in [3.8, 4) is 22.8 Å². The Labute approximate surface area is 191 Å². The summed E-state index contributed by atoms with van der Waals surface area (Å²) in [5, 5.41) is 3.21. The third-order valence-corrected chi connectivity index (χ3v) is 5.37. The summed E-state index contributed by atoms with van der Waals surface area (Å²) in [6.07, 6.45) is 3.35. The second kappa shape index (κ2) is 9.17. The van der Waals surface area contributed by atoms with Gasteiger partial charge in [0.05, 0.1) is 24.5 Å². The first-order chi connectivity index (χ1) is 16.2. The highest BCUT2D eigenvalue weighted by atomic mass is 16.5. The summed E-state index contributed by atoms with van der Waals surface area (Å²) in [5.74, 6) is 1.28. The average Bonchev–Trinajstić information content (AvgIpc) is 2.85. The van der Waals surface area contributed by atoms with Gasteiger partial charge in [-0.15, -0.1) is 0 Å². The van der Waals surface area contributed by atoms with Crippen molar-refractivity contribution in [3.63, 3.8) is 0 Å². The molecule has 4 heterocycles. The van der Waals surface area contributed by atoms with E-state index >= 15 is 0 Å². The molecular formula is C24H24N8O. The number of pyridine rings is 1. The summed E-state index contributed by atoms with van der Waals surface area (Å²) in [6, 6.07) is 15.7. The van der Waals surface area contributed by atoms with Crippen LogP contribution in [0.15, 0.2) is 60.9 Å². The van der Waals surface area contributed by atoms with Gasteiger partial charge in [-0.3, -0.25) is 0 Å². The highest BCUT2D eigenvalue weighted by Crippen LogP contribution is 2.26. The molecule has 0 bridgehead atoms. The lowest BCUT2D eigenvalue weighted by Crippen LogP contribution is -2.36. The molecule has 9 heteroatoms. The van der Waals surface area contributed by atoms with Crippen molar-refractivity contribution in [1.29, 1.82) is 0 Å². The number of nitrogens with one attached hydrogen (secondary N) is 1. The van der Waals surface area contributed by atoms with E-state index in [9.17, 15) is 0 Å². The lowest BCUT2D eigenvalue weighted by Gasteiger charge is -2.28. The molecular weight excluding hydrogens is 416 g/mol. The van der Waals surface area contributed by atoms with Gasteiger partial charge in [-0.2, -0.15) is 4.98 Å². The standard InChI is InChI=1S/C24H24N8O/c1-16-3-2-4-21(28-16)23-26-10-9-20(30-23)19-15-27-24(31-22(19)25)29-17-5-7-18(8-6-17)32-11-13-33-14-12-32/h2-10,15H,11-14H2,1H3,(H3,25,27,29,31). The summed E-state index contributed by atoms with van der Waals surface area (Å²) >= 11 is 0. The SMILES string of the molecule is Cc1cccc(-c2nccc(-c3cnc(Nc4ccc(N5CCOCC5)cc4)nc3N)n2)n1. The van der Waals surface area contributed by atoms with E-state index < -0.39 is 0 Å². The van der Waals surface area contributed by atoms with Crippen molar-refractivity contribution in [2.75, 3.05) is 42.3 Å². The molecule has 3 aromatic heterocycles. The third-order valence-electron chi connectivity index (χ3n) is 5.37. The van der Waals surface area contributed by atoms with Crippen molar-refractivity contribution in [3.05, 3.63) is 66.6 Å². The van der Waals surface area contributed by atoms with Crippen molar-refractivity contribution < 1.29 is 4.74 Å². The van der Waals surface area contributed by atoms with Crippen LogP contribution >= 0.6 is 0 Å². The molecule has 5 rings (SSSR count). The number of nitrogens with zero attached hydrogens (tertiary/aromatic N) is 6. The predicted octanol–water partition coefficient (Wildman–Crippen LogP) is 3.47. The zero-order valence-corrected chi connectivity index (χ0v) is 18.3. The van der Waals surface area contributed by atoms with Crippen LogP contribution in [0, 0.1) is 6.92 Å². The minimum Gasteiger partial charge on any atom is -0.383 e. The van der Waals surface area contributed by atoms with Crippen molar-refractivity contribution in [2.45, 2.75) is 6.92 Å². The monoisotopic (exact) mass is 440 g/mol. The van der Waals surface area contributed by atoms with E-state index in [2.05, 4.69) is 47.3 Å². The number of rotatable bonds is 5. The fourth-order valence-corrected chi connectivity index (χ4v) is 3.66. The van der Waals surface area contributed by atoms with Crippen LogP contribution in [0.3, 0.4) is 0 Å². The quantitative estimate of drug-likeness (QED) is 0.481. The molecule has 9 nitrogen and oxygen atoms in total. The summed E-state index contributed by atoms with van der Waals surface area (Å²) in [7, 11) is 0. The van der Waals surface area contributed by atoms with Crippen molar-refractivity contribution in [1.82, 2.24) is 24.9 Å². The molecule has 4 aromatic rings. The van der Waals surface area contributed by atoms with Gasteiger partial charge in [0.1, 0.15) is 11.5 Å². The normalized spacial score (nSPS) is 13.7. The van der Waals surface area contributed by atoms with Crippen LogP contribution in [0.2, 0.25) is 0 Å². The number of benzene rings is 1. The van der Waals surface area contributed by atoms with Gasteiger partial charge >= 0.3 is 0 Å². The summed E-state index contributed by atoms with van der Waals surface area (Å²) in [6.45, 7) is 5.25. The molecule has 0 amide bonds. The Bertz CT molecular complexity index is 1260. The average molecular weight is 441 g/mol. The number of nitrogen functional groups attached to an aromatic ring is 1. The molecule has 1 aromatic carbocycles. The Morgan fingerprint density at radius 3 is 2.48 bits per heavy atom. The first kappa shape index (κ1) is 20.8. The molecule has 0 unspecified atom stereocenters. The Morgan fingerprint density at radius 1 is 0.909 bits per heavy atom. The van der Waals surface area contributed by atoms with Crippen LogP contribution in [0.5, 0.6) is 0 Å². The zero-order valence-electron chi connectivity index (χ0n) is 18.3. The Morgan fingerprint density at radius 2 is 1.73 bits per heavy atom. The summed E-state index contributed by atoms with van der Waals surface area (Å²) in [5.41, 5.74) is 11.2. The largest absolute Gasteiger partial charge is 0.383 e. The van der Waals surface area contributed by atoms with Gasteiger partial charge < -0.3 is 20.7 Å². The molecule has 0 atom stereocenters. The second-order valence-electron chi connectivity index (χ2n) is 7.69. The molecule has 0 aliphatic carbocycles. The zero-order chi connectivity index (χ0) is 22.6. The fraction of sp³-hybridized carbons (Fsp3) is 0.208. The highest BCUT2D eigenvalue weighted by molar-refractivity contribution is 5.72. The maximum Gasteiger partial charge on any atom is 0.229 e. The van der Waals surface area contributed by atoms with Gasteiger partial charge in [-0.1, -0.05) is 6.07 Å². The molecule has 166 valence electrons. The molecule has 1 aliphatic rings. The lowest BCUT2D eigenvalue weighted by molar-refractivity contribution is 0.122. The highest BCUT2D eigenvalue weighted by Gasteiger charge is 2.13. The van der Waals surface area contributed by atoms with Crippen LogP contribution in [0.4, 0.5) is 23.1 Å². The van der Waals surface area contributed by atoms with Gasteiger partial charge in [0.15, 0.2) is 5.82 Å². The molecule has 0 radical (unpaired) electrons. The number of hydrogen-bond acceptors (Lipinski definition) is 9. The van der Waals surface area contributed by atoms with E-state index in [0.29, 0.717) is 34.5 Å². The molecule has 0 saturated carbocycles. The number of aryl methyl sites for hydroxylation is 1. The topological polar surface area (TPSA) is 115 Å². The lowest BCUT2D eigenvalue weighted by atomic mass is 10.2. The fourth-order valence-electron chi connectivity index (χ4n) is 3.66. The summed E-state index contributed by atoms with van der Waals surface area (Å²) in [4.78, 5) is 24.6. The van der Waals surface area contributed by atoms with Crippen molar-refractivity contribution in [2.24, 2.45) is 0 Å². The van der Waals surface area contributed by atoms with Crippen LogP contribution in [0.25, 0.3) is 22.8 Å². The van der Waals surface area contributed by atoms with E-state index in [-0.39, 0.29) is 0 Å². The number of aromatic nitrogens is 5. The maximum absolute atomic E-state index is 6.26. The van der Waals surface area contributed by atoms with Gasteiger partial charge in [0.2, 0.25) is 5.95 Å². The van der Waals surface area contributed by atoms with Crippen LogP contribution < -0.4 is 16.0 Å². The van der Waals surface area contributed by atoms with E-state index in [1.54, 1.807) is 18.5 Å². The van der Waals surface area contributed by atoms with Crippen molar-refractivity contribution >= 4 is 23.1 Å². The van der Waals surface area contributed by atoms with Crippen LogP contribution in [-0.2, 0) is 4.74 Å². The molecule has 1 fully saturated rings. The first-order valence-corrected chi connectivity index (χ1v) is 10.8. The molecule has 1 aliphatic heterocycles. The smallest absolute Gasteiger partial charge is 0.229 e. The van der Waals surface area contributed by atoms with Crippen LogP contribution in [0.1, 0.15) is 5.69 Å². The Kier molecular flexibility index (Phi) is 5.77. The van der Waals surface area contributed by atoms with Crippen LogP contribution in [-0.4, -0.2) is 51.2 Å². The third kappa shape index (κ3) is 4.73. The number of hydrogen-bond donors (Lipinski definition) is 2. The van der Waals surface area contributed by atoms with E-state index in [1.165, 1.54) is 5.69 Å². The molecule has 3 N–H and O–H groups in total. The Hall–Kier alpha value is -4.11.